The van der Waals surface area contributed by atoms with Crippen molar-refractivity contribution in [2.24, 2.45) is 4.99 Å². The lowest BCUT2D eigenvalue weighted by molar-refractivity contribution is -0.122. The van der Waals surface area contributed by atoms with Crippen LogP contribution in [0.5, 0.6) is 0 Å². The number of rotatable bonds is 5. The average Bonchev–Trinajstić information content (AvgIpc) is 3.53. The molecule has 166 valence electrons. The summed E-state index contributed by atoms with van der Waals surface area (Å²) in [5, 5.41) is 3.33. The lowest BCUT2D eigenvalue weighted by Crippen LogP contribution is -2.28. The minimum atomic E-state index is -0.131. The molecule has 0 saturated carbocycles. The number of para-hydroxylation sites is 1. The second-order valence-electron chi connectivity index (χ2n) is 7.76. The molecule has 1 aromatic heterocycles. The van der Waals surface area contributed by atoms with Crippen molar-refractivity contribution in [3.8, 4) is 0 Å². The van der Waals surface area contributed by atoms with Gasteiger partial charge in [0.2, 0.25) is 5.91 Å². The van der Waals surface area contributed by atoms with Crippen LogP contribution in [-0.2, 0) is 22.6 Å². The van der Waals surface area contributed by atoms with E-state index < -0.39 is 0 Å². The molecule has 0 unspecified atom stereocenters. The van der Waals surface area contributed by atoms with Crippen LogP contribution in [0.15, 0.2) is 87.4 Å². The van der Waals surface area contributed by atoms with Gasteiger partial charge in [0, 0.05) is 31.0 Å². The Kier molecular flexibility index (Phi) is 5.75. The molecule has 0 atom stereocenters. The Balaban J connectivity index is 1.44. The molecular formula is C25H22N4O3S. The van der Waals surface area contributed by atoms with Gasteiger partial charge in [-0.1, -0.05) is 18.2 Å². The van der Waals surface area contributed by atoms with Crippen LogP contribution in [0.1, 0.15) is 18.2 Å². The van der Waals surface area contributed by atoms with Gasteiger partial charge in [0.15, 0.2) is 5.17 Å². The van der Waals surface area contributed by atoms with Crippen LogP contribution in [0.3, 0.4) is 0 Å². The predicted octanol–water partition coefficient (Wildman–Crippen LogP) is 4.91. The Bertz CT molecular complexity index is 1250. The van der Waals surface area contributed by atoms with E-state index in [-0.39, 0.29) is 11.8 Å². The van der Waals surface area contributed by atoms with E-state index in [1.165, 1.54) is 24.2 Å². The molecule has 8 heteroatoms. The fraction of sp³-hybridized carbons (Fsp3) is 0.160. The molecule has 2 aliphatic heterocycles. The molecule has 1 N–H and O–H groups in total. The zero-order valence-corrected chi connectivity index (χ0v) is 18.8. The Hall–Kier alpha value is -3.78. The summed E-state index contributed by atoms with van der Waals surface area (Å²) in [6.07, 6.45) is 4.48. The maximum Gasteiger partial charge on any atom is 0.268 e. The summed E-state index contributed by atoms with van der Waals surface area (Å²) < 4.78 is 5.48. The van der Waals surface area contributed by atoms with Gasteiger partial charge in [-0.15, -0.1) is 0 Å². The topological polar surface area (TPSA) is 78.2 Å². The standard InChI is InChI=1S/C25H22N4O3S/c1-17(30)26-19-8-10-20(11-9-19)27-25-29(15-21-6-4-14-32-21)24(31)23(33-25)16-28-13-12-18-5-2-3-7-22(18)28/h2-11,14,16H,12-13,15H2,1H3,(H,26,30)/b23-16-,27-25?. The maximum absolute atomic E-state index is 13.3. The van der Waals surface area contributed by atoms with Crippen molar-refractivity contribution >= 4 is 45.8 Å². The minimum Gasteiger partial charge on any atom is -0.467 e. The van der Waals surface area contributed by atoms with E-state index in [2.05, 4.69) is 22.3 Å². The average molecular weight is 459 g/mol. The van der Waals surface area contributed by atoms with Crippen molar-refractivity contribution < 1.29 is 14.0 Å². The Morgan fingerprint density at radius 2 is 1.97 bits per heavy atom. The number of amides is 2. The zero-order valence-electron chi connectivity index (χ0n) is 18.0. The highest BCUT2D eigenvalue weighted by Gasteiger charge is 2.35. The summed E-state index contributed by atoms with van der Waals surface area (Å²) in [5.41, 5.74) is 3.80. The molecule has 0 radical (unpaired) electrons. The molecule has 1 saturated heterocycles. The Labute approximate surface area is 195 Å². The van der Waals surface area contributed by atoms with E-state index >= 15 is 0 Å². The van der Waals surface area contributed by atoms with Crippen molar-refractivity contribution in [2.45, 2.75) is 19.9 Å². The first-order chi connectivity index (χ1) is 16.1. The molecule has 5 rings (SSSR count). The van der Waals surface area contributed by atoms with Gasteiger partial charge in [-0.05, 0) is 66.2 Å². The summed E-state index contributed by atoms with van der Waals surface area (Å²) in [7, 11) is 0. The van der Waals surface area contributed by atoms with Gasteiger partial charge in [0.25, 0.3) is 5.91 Å². The highest BCUT2D eigenvalue weighted by atomic mass is 32.2. The number of amidine groups is 1. The molecular weight excluding hydrogens is 436 g/mol. The van der Waals surface area contributed by atoms with Crippen molar-refractivity contribution in [2.75, 3.05) is 16.8 Å². The SMILES string of the molecule is CC(=O)Nc1ccc(N=C2S/C(=C\N3CCc4ccccc43)C(=O)N2Cc2ccco2)cc1. The van der Waals surface area contributed by atoms with Gasteiger partial charge < -0.3 is 14.6 Å². The lowest BCUT2D eigenvalue weighted by atomic mass is 10.2. The van der Waals surface area contributed by atoms with Crippen LogP contribution < -0.4 is 10.2 Å². The summed E-state index contributed by atoms with van der Waals surface area (Å²) in [4.78, 5) is 33.7. The summed E-state index contributed by atoms with van der Waals surface area (Å²) in [6, 6.07) is 19.1. The van der Waals surface area contributed by atoms with Crippen LogP contribution in [0.4, 0.5) is 17.1 Å². The fourth-order valence-corrected chi connectivity index (χ4v) is 4.83. The third-order valence-electron chi connectivity index (χ3n) is 5.39. The van der Waals surface area contributed by atoms with Gasteiger partial charge in [-0.2, -0.15) is 0 Å². The van der Waals surface area contributed by atoms with E-state index in [1.807, 2.05) is 36.5 Å². The lowest BCUT2D eigenvalue weighted by Gasteiger charge is -2.15. The zero-order chi connectivity index (χ0) is 22.8. The molecule has 3 aromatic rings. The molecule has 33 heavy (non-hydrogen) atoms. The molecule has 3 heterocycles. The van der Waals surface area contributed by atoms with Crippen LogP contribution in [0, 0.1) is 0 Å². The first kappa shape index (κ1) is 21.1. The molecule has 2 aromatic carbocycles. The third-order valence-corrected chi connectivity index (χ3v) is 6.38. The number of anilines is 2. The minimum absolute atomic E-state index is 0.102. The molecule has 0 aliphatic carbocycles. The smallest absolute Gasteiger partial charge is 0.268 e. The highest BCUT2D eigenvalue weighted by Crippen LogP contribution is 2.36. The number of hydrogen-bond donors (Lipinski definition) is 1. The molecule has 1 fully saturated rings. The summed E-state index contributed by atoms with van der Waals surface area (Å²) in [6.45, 7) is 2.61. The quantitative estimate of drug-likeness (QED) is 0.550. The predicted molar refractivity (Wildman–Crippen MR) is 130 cm³/mol. The molecule has 0 spiro atoms. The molecule has 2 aliphatic rings. The number of aliphatic imine (C=N–C) groups is 1. The van der Waals surface area contributed by atoms with E-state index in [0.29, 0.717) is 33.8 Å². The third kappa shape index (κ3) is 4.56. The second kappa shape index (κ2) is 8.99. The van der Waals surface area contributed by atoms with Crippen LogP contribution in [0.2, 0.25) is 0 Å². The largest absolute Gasteiger partial charge is 0.467 e. The van der Waals surface area contributed by atoms with Crippen molar-refractivity contribution in [1.29, 1.82) is 0 Å². The first-order valence-electron chi connectivity index (χ1n) is 10.6. The molecule has 0 bridgehead atoms. The van der Waals surface area contributed by atoms with E-state index in [9.17, 15) is 9.59 Å². The number of furan rings is 1. The van der Waals surface area contributed by atoms with Crippen molar-refractivity contribution in [3.05, 3.63) is 89.4 Å². The van der Waals surface area contributed by atoms with E-state index in [0.717, 1.165) is 18.7 Å². The first-order valence-corrected chi connectivity index (χ1v) is 11.4. The highest BCUT2D eigenvalue weighted by molar-refractivity contribution is 8.18. The molecule has 2 amide bonds. The number of thioether (sulfide) groups is 1. The van der Waals surface area contributed by atoms with Gasteiger partial charge in [-0.25, -0.2) is 4.99 Å². The number of carbonyl (C=O) groups excluding carboxylic acids is 2. The second-order valence-corrected chi connectivity index (χ2v) is 8.77. The Morgan fingerprint density at radius 1 is 1.15 bits per heavy atom. The van der Waals surface area contributed by atoms with Crippen LogP contribution in [0.25, 0.3) is 0 Å². The summed E-state index contributed by atoms with van der Waals surface area (Å²) in [5.74, 6) is 0.453. The van der Waals surface area contributed by atoms with E-state index in [1.54, 1.807) is 29.4 Å². The van der Waals surface area contributed by atoms with Crippen LogP contribution >= 0.6 is 11.8 Å². The van der Waals surface area contributed by atoms with Crippen LogP contribution in [-0.4, -0.2) is 28.4 Å². The van der Waals surface area contributed by atoms with E-state index in [4.69, 9.17) is 9.41 Å². The number of nitrogens with one attached hydrogen (secondary N) is 1. The van der Waals surface area contributed by atoms with Gasteiger partial charge in [-0.3, -0.25) is 14.5 Å². The monoisotopic (exact) mass is 458 g/mol. The number of fused-ring (bicyclic) bond motifs is 1. The normalized spacial score (nSPS) is 17.8. The molecule has 7 nitrogen and oxygen atoms in total. The van der Waals surface area contributed by atoms with Gasteiger partial charge in [0.05, 0.1) is 23.4 Å². The van der Waals surface area contributed by atoms with Gasteiger partial charge in [0.1, 0.15) is 5.76 Å². The number of hydrogen-bond acceptors (Lipinski definition) is 6. The number of nitrogens with zero attached hydrogens (tertiary/aromatic N) is 3. The van der Waals surface area contributed by atoms with Crippen molar-refractivity contribution in [3.63, 3.8) is 0 Å². The fourth-order valence-electron chi connectivity index (χ4n) is 3.85. The maximum atomic E-state index is 13.3. The van der Waals surface area contributed by atoms with Gasteiger partial charge >= 0.3 is 0 Å². The summed E-state index contributed by atoms with van der Waals surface area (Å²) >= 11 is 1.35. The number of benzene rings is 2. The van der Waals surface area contributed by atoms with Crippen molar-refractivity contribution in [1.82, 2.24) is 4.90 Å². The number of carbonyl (C=O) groups is 2. The Morgan fingerprint density at radius 3 is 2.73 bits per heavy atom.